The summed E-state index contributed by atoms with van der Waals surface area (Å²) < 4.78 is 13.6. The van der Waals surface area contributed by atoms with Crippen molar-refractivity contribution in [1.82, 2.24) is 20.0 Å². The van der Waals surface area contributed by atoms with Gasteiger partial charge in [-0.1, -0.05) is 47.7 Å². The van der Waals surface area contributed by atoms with E-state index in [-0.39, 0.29) is 5.91 Å². The first-order valence-electron chi connectivity index (χ1n) is 10.3. The molecule has 0 unspecified atom stereocenters. The molecule has 32 heavy (non-hydrogen) atoms. The van der Waals surface area contributed by atoms with Crippen molar-refractivity contribution in [3.8, 4) is 5.75 Å². The number of nitrogens with zero attached hydrogens (tertiary/aromatic N) is 5. The summed E-state index contributed by atoms with van der Waals surface area (Å²) in [6.07, 6.45) is -0.610. The van der Waals surface area contributed by atoms with Crippen molar-refractivity contribution >= 4 is 22.8 Å². The number of hydrogen-bond donors (Lipinski definition) is 0. The van der Waals surface area contributed by atoms with Crippen molar-refractivity contribution in [2.45, 2.75) is 26.3 Å². The smallest absolute Gasteiger partial charge is 0.243 e. The molecule has 8 nitrogen and oxygen atoms in total. The second-order valence-electron chi connectivity index (χ2n) is 7.40. The van der Waals surface area contributed by atoms with Crippen molar-refractivity contribution in [1.29, 1.82) is 0 Å². The first-order chi connectivity index (χ1) is 15.7. The maximum Gasteiger partial charge on any atom is 0.243 e. The Bertz CT molecular complexity index is 1270. The number of carbonyl (C=O) groups excluding carboxylic acids is 1. The van der Waals surface area contributed by atoms with Gasteiger partial charge in [0.1, 0.15) is 24.4 Å². The molecule has 4 aromatic rings. The molecule has 0 aliphatic carbocycles. The summed E-state index contributed by atoms with van der Waals surface area (Å²) in [5.41, 5.74) is 3.51. The minimum Gasteiger partial charge on any atom is -0.489 e. The van der Waals surface area contributed by atoms with Crippen LogP contribution in [-0.4, -0.2) is 38.0 Å². The Morgan fingerprint density at radius 3 is 2.53 bits per heavy atom. The van der Waals surface area contributed by atoms with E-state index in [2.05, 4.69) is 15.4 Å². The predicted octanol–water partition coefficient (Wildman–Crippen LogP) is 3.58. The van der Waals surface area contributed by atoms with E-state index in [1.54, 1.807) is 4.68 Å². The van der Waals surface area contributed by atoms with Crippen LogP contribution in [0.4, 0.5) is 0 Å². The molecule has 1 aromatic heterocycles. The normalized spacial score (nSPS) is 15.5. The van der Waals surface area contributed by atoms with Crippen LogP contribution in [0.5, 0.6) is 5.75 Å². The molecule has 1 amide bonds. The number of hydrazone groups is 1. The lowest BCUT2D eigenvalue weighted by Crippen LogP contribution is -2.35. The van der Waals surface area contributed by atoms with E-state index in [1.807, 2.05) is 78.9 Å². The van der Waals surface area contributed by atoms with Gasteiger partial charge in [-0.2, -0.15) is 5.01 Å². The SMILES string of the molecule is CC(=O)N1N=C(c2ccc(OCc3ccccc3)cc2)O[C@H]1Cn1nnc2ccccc21. The Morgan fingerprint density at radius 1 is 1.00 bits per heavy atom. The second-order valence-corrected chi connectivity index (χ2v) is 7.40. The van der Waals surface area contributed by atoms with Crippen molar-refractivity contribution in [3.63, 3.8) is 0 Å². The van der Waals surface area contributed by atoms with Gasteiger partial charge in [0, 0.05) is 12.5 Å². The molecule has 0 radical (unpaired) electrons. The van der Waals surface area contributed by atoms with Gasteiger partial charge in [-0.25, -0.2) is 4.68 Å². The van der Waals surface area contributed by atoms with E-state index in [4.69, 9.17) is 9.47 Å². The fourth-order valence-corrected chi connectivity index (χ4v) is 3.51. The topological polar surface area (TPSA) is 81.8 Å². The number of hydrogen-bond acceptors (Lipinski definition) is 6. The van der Waals surface area contributed by atoms with Crippen LogP contribution in [0.3, 0.4) is 0 Å². The highest BCUT2D eigenvalue weighted by Gasteiger charge is 2.32. The number of ether oxygens (including phenoxy) is 2. The van der Waals surface area contributed by atoms with Crippen LogP contribution in [0, 0.1) is 0 Å². The second kappa shape index (κ2) is 8.50. The van der Waals surface area contributed by atoms with Gasteiger partial charge >= 0.3 is 0 Å². The Balaban J connectivity index is 1.29. The molecule has 160 valence electrons. The molecule has 1 aliphatic heterocycles. The molecule has 3 aromatic carbocycles. The summed E-state index contributed by atoms with van der Waals surface area (Å²) in [6.45, 7) is 2.26. The summed E-state index contributed by atoms with van der Waals surface area (Å²) in [5, 5.41) is 14.1. The van der Waals surface area contributed by atoms with E-state index in [9.17, 15) is 4.79 Å². The van der Waals surface area contributed by atoms with Crippen LogP contribution in [0.15, 0.2) is 84.0 Å². The molecule has 5 rings (SSSR count). The predicted molar refractivity (Wildman–Crippen MR) is 119 cm³/mol. The van der Waals surface area contributed by atoms with Gasteiger partial charge in [0.2, 0.25) is 18.0 Å². The van der Waals surface area contributed by atoms with E-state index in [1.165, 1.54) is 11.9 Å². The highest BCUT2D eigenvalue weighted by Crippen LogP contribution is 2.22. The number of rotatable bonds is 6. The standard InChI is InChI=1S/C24H21N5O3/c1-17(30)29-23(15-28-22-10-6-5-9-21(22)25-27-28)32-24(26-29)19-11-13-20(14-12-19)31-16-18-7-3-2-4-8-18/h2-14,23H,15-16H2,1H3/t23-/m0/s1. The van der Waals surface area contributed by atoms with Crippen molar-refractivity contribution in [3.05, 3.63) is 90.0 Å². The van der Waals surface area contributed by atoms with Crippen LogP contribution in [0.25, 0.3) is 11.0 Å². The van der Waals surface area contributed by atoms with Crippen molar-refractivity contribution in [2.24, 2.45) is 5.10 Å². The summed E-state index contributed by atoms with van der Waals surface area (Å²) in [4.78, 5) is 12.2. The van der Waals surface area contributed by atoms with E-state index < -0.39 is 6.23 Å². The van der Waals surface area contributed by atoms with Crippen LogP contribution >= 0.6 is 0 Å². The summed E-state index contributed by atoms with van der Waals surface area (Å²) in [7, 11) is 0. The molecule has 8 heteroatoms. The summed E-state index contributed by atoms with van der Waals surface area (Å²) in [6, 6.07) is 25.1. The van der Waals surface area contributed by atoms with Crippen LogP contribution in [0.1, 0.15) is 18.1 Å². The van der Waals surface area contributed by atoms with Crippen LogP contribution < -0.4 is 4.74 Å². The minimum atomic E-state index is -0.610. The molecule has 0 N–H and O–H groups in total. The lowest BCUT2D eigenvalue weighted by Gasteiger charge is -2.18. The van der Waals surface area contributed by atoms with Gasteiger partial charge in [0.25, 0.3) is 0 Å². The number of amides is 1. The quantitative estimate of drug-likeness (QED) is 0.470. The third kappa shape index (κ3) is 4.02. The van der Waals surface area contributed by atoms with Gasteiger partial charge < -0.3 is 9.47 Å². The van der Waals surface area contributed by atoms with E-state index in [0.29, 0.717) is 19.0 Å². The molecular weight excluding hydrogens is 406 g/mol. The molecule has 0 fully saturated rings. The van der Waals surface area contributed by atoms with Crippen LogP contribution in [0.2, 0.25) is 0 Å². The zero-order chi connectivity index (χ0) is 21.9. The van der Waals surface area contributed by atoms with Gasteiger partial charge in [0.05, 0.1) is 5.52 Å². The average Bonchev–Trinajstić information content (AvgIpc) is 3.44. The average molecular weight is 427 g/mol. The molecule has 0 bridgehead atoms. The summed E-state index contributed by atoms with van der Waals surface area (Å²) >= 11 is 0. The van der Waals surface area contributed by atoms with Crippen molar-refractivity contribution < 1.29 is 14.3 Å². The van der Waals surface area contributed by atoms with Gasteiger partial charge in [0.15, 0.2) is 0 Å². The van der Waals surface area contributed by atoms with Gasteiger partial charge in [-0.05, 0) is 42.0 Å². The maximum absolute atomic E-state index is 12.2. The summed E-state index contributed by atoms with van der Waals surface area (Å²) in [5.74, 6) is 0.909. The number of para-hydroxylation sites is 1. The number of fused-ring (bicyclic) bond motifs is 1. The highest BCUT2D eigenvalue weighted by molar-refractivity contribution is 5.96. The Kier molecular flexibility index (Phi) is 5.25. The number of aromatic nitrogens is 3. The first-order valence-corrected chi connectivity index (χ1v) is 10.3. The van der Waals surface area contributed by atoms with Gasteiger partial charge in [-0.15, -0.1) is 10.2 Å². The molecule has 1 aliphatic rings. The molecule has 0 saturated carbocycles. The third-order valence-corrected chi connectivity index (χ3v) is 5.14. The first kappa shape index (κ1) is 19.7. The zero-order valence-electron chi connectivity index (χ0n) is 17.5. The lowest BCUT2D eigenvalue weighted by molar-refractivity contribution is -0.135. The molecule has 2 heterocycles. The Hall–Kier alpha value is -4.20. The third-order valence-electron chi connectivity index (χ3n) is 5.14. The molecule has 1 atom stereocenters. The fraction of sp³-hybridized carbons (Fsp3) is 0.167. The number of benzene rings is 3. The molecular formula is C24H21N5O3. The van der Waals surface area contributed by atoms with Gasteiger partial charge in [-0.3, -0.25) is 4.79 Å². The highest BCUT2D eigenvalue weighted by atomic mass is 16.5. The van der Waals surface area contributed by atoms with Crippen molar-refractivity contribution in [2.75, 3.05) is 0 Å². The number of carbonyl (C=O) groups is 1. The van der Waals surface area contributed by atoms with E-state index in [0.717, 1.165) is 27.9 Å². The zero-order valence-corrected chi connectivity index (χ0v) is 17.5. The Morgan fingerprint density at radius 2 is 1.75 bits per heavy atom. The lowest BCUT2D eigenvalue weighted by atomic mass is 10.2. The monoisotopic (exact) mass is 427 g/mol. The fourth-order valence-electron chi connectivity index (χ4n) is 3.51. The van der Waals surface area contributed by atoms with Crippen LogP contribution in [-0.2, 0) is 22.7 Å². The minimum absolute atomic E-state index is 0.211. The van der Waals surface area contributed by atoms with E-state index >= 15 is 0 Å². The molecule has 0 spiro atoms. The molecule has 0 saturated heterocycles. The largest absolute Gasteiger partial charge is 0.489 e. The maximum atomic E-state index is 12.2. The Labute approximate surface area is 184 Å².